The van der Waals surface area contributed by atoms with Gasteiger partial charge in [-0.15, -0.1) is 0 Å². The molecule has 0 saturated carbocycles. The molecule has 56 valence electrons. The molecule has 0 unspecified atom stereocenters. The first-order valence-electron chi connectivity index (χ1n) is 2.86. The van der Waals surface area contributed by atoms with Crippen LogP contribution in [0.5, 0.6) is 0 Å². The predicted octanol–water partition coefficient (Wildman–Crippen LogP) is -0.808. The molecule has 0 amide bonds. The van der Waals surface area contributed by atoms with Crippen molar-refractivity contribution in [3.63, 3.8) is 0 Å². The van der Waals surface area contributed by atoms with Crippen LogP contribution in [0.1, 0.15) is 5.56 Å². The lowest BCUT2D eigenvalue weighted by molar-refractivity contribution is 0.161. The molecule has 1 aromatic heterocycles. The van der Waals surface area contributed by atoms with E-state index >= 15 is 0 Å². The van der Waals surface area contributed by atoms with Gasteiger partial charge in [-0.05, 0) is 0 Å². The average Bonchev–Trinajstić information content (AvgIpc) is 2.20. The van der Waals surface area contributed by atoms with E-state index in [9.17, 15) is 4.79 Å². The van der Waals surface area contributed by atoms with E-state index in [4.69, 9.17) is 5.21 Å². The quantitative estimate of drug-likeness (QED) is 0.474. The smallest absolute Gasteiger partial charge is 0.270 e. The molecule has 1 heterocycles. The van der Waals surface area contributed by atoms with Gasteiger partial charge in [-0.2, -0.15) is 0 Å². The molecule has 0 bridgehead atoms. The Kier molecular flexibility index (Phi) is 1.88. The lowest BCUT2D eigenvalue weighted by Crippen LogP contribution is -2.19. The van der Waals surface area contributed by atoms with E-state index in [0.717, 1.165) is 0 Å². The highest BCUT2D eigenvalue weighted by Crippen LogP contribution is 1.84. The summed E-state index contributed by atoms with van der Waals surface area (Å²) in [5.41, 5.74) is 2.30. The molecule has 0 spiro atoms. The van der Waals surface area contributed by atoms with Gasteiger partial charge in [0.15, 0.2) is 0 Å². The van der Waals surface area contributed by atoms with Gasteiger partial charge >= 0.3 is 0 Å². The van der Waals surface area contributed by atoms with E-state index in [1.54, 1.807) is 13.2 Å². The zero-order chi connectivity index (χ0) is 7.56. The van der Waals surface area contributed by atoms with E-state index in [2.05, 4.69) is 5.10 Å². The summed E-state index contributed by atoms with van der Waals surface area (Å²) in [6, 6.07) is 0. The summed E-state index contributed by atoms with van der Waals surface area (Å²) in [6.07, 6.45) is 1.55. The Bertz CT molecular complexity index is 262. The van der Waals surface area contributed by atoms with E-state index in [1.807, 2.05) is 5.48 Å². The van der Waals surface area contributed by atoms with Crippen molar-refractivity contribution >= 4 is 0 Å². The summed E-state index contributed by atoms with van der Waals surface area (Å²) in [6.45, 7) is 0.177. The van der Waals surface area contributed by atoms with Crippen molar-refractivity contribution < 1.29 is 5.21 Å². The summed E-state index contributed by atoms with van der Waals surface area (Å²) < 4.78 is 1.34. The summed E-state index contributed by atoms with van der Waals surface area (Å²) in [7, 11) is 1.61. The number of nitrogens with one attached hydrogen (secondary N) is 2. The van der Waals surface area contributed by atoms with Gasteiger partial charge in [-0.1, -0.05) is 0 Å². The Hall–Kier alpha value is -1.07. The van der Waals surface area contributed by atoms with Crippen molar-refractivity contribution in [3.05, 3.63) is 22.1 Å². The SMILES string of the molecule is Cn1[nH]cc(CNO)c1=O. The monoisotopic (exact) mass is 143 g/mol. The summed E-state index contributed by atoms with van der Waals surface area (Å²) >= 11 is 0. The Morgan fingerprint density at radius 1 is 1.90 bits per heavy atom. The fraction of sp³-hybridized carbons (Fsp3) is 0.400. The highest BCUT2D eigenvalue weighted by atomic mass is 16.5. The van der Waals surface area contributed by atoms with E-state index in [-0.39, 0.29) is 12.1 Å². The Morgan fingerprint density at radius 3 is 3.00 bits per heavy atom. The first-order chi connectivity index (χ1) is 4.75. The first kappa shape index (κ1) is 7.04. The average molecular weight is 143 g/mol. The number of hydrogen-bond donors (Lipinski definition) is 3. The minimum Gasteiger partial charge on any atom is -0.316 e. The number of H-pyrrole nitrogens is 1. The molecule has 0 atom stereocenters. The molecule has 1 rings (SSSR count). The van der Waals surface area contributed by atoms with Crippen molar-refractivity contribution in [2.45, 2.75) is 6.54 Å². The number of aryl methyl sites for hydroxylation is 1. The zero-order valence-corrected chi connectivity index (χ0v) is 5.59. The first-order valence-corrected chi connectivity index (χ1v) is 2.86. The minimum absolute atomic E-state index is 0.124. The van der Waals surface area contributed by atoms with Crippen molar-refractivity contribution in [2.24, 2.45) is 7.05 Å². The second-order valence-electron chi connectivity index (χ2n) is 2.00. The van der Waals surface area contributed by atoms with Crippen LogP contribution in [-0.4, -0.2) is 15.0 Å². The van der Waals surface area contributed by atoms with Crippen LogP contribution in [0.2, 0.25) is 0 Å². The third kappa shape index (κ3) is 1.09. The normalized spacial score (nSPS) is 10.2. The number of aromatic amines is 1. The molecule has 5 nitrogen and oxygen atoms in total. The fourth-order valence-electron chi connectivity index (χ4n) is 0.722. The van der Waals surface area contributed by atoms with Gasteiger partial charge in [-0.3, -0.25) is 9.48 Å². The summed E-state index contributed by atoms with van der Waals surface area (Å²) in [4.78, 5) is 10.9. The third-order valence-corrected chi connectivity index (χ3v) is 1.28. The van der Waals surface area contributed by atoms with E-state index in [1.165, 1.54) is 4.68 Å². The fourth-order valence-corrected chi connectivity index (χ4v) is 0.722. The molecule has 1 aromatic rings. The van der Waals surface area contributed by atoms with Crippen LogP contribution < -0.4 is 11.0 Å². The zero-order valence-electron chi connectivity index (χ0n) is 5.59. The molecule has 0 saturated heterocycles. The number of nitrogens with zero attached hydrogens (tertiary/aromatic N) is 1. The van der Waals surface area contributed by atoms with Gasteiger partial charge in [0, 0.05) is 13.2 Å². The van der Waals surface area contributed by atoms with Gasteiger partial charge in [-0.25, -0.2) is 5.48 Å². The maximum absolute atomic E-state index is 10.9. The van der Waals surface area contributed by atoms with Crippen LogP contribution in [0.25, 0.3) is 0 Å². The van der Waals surface area contributed by atoms with Crippen LogP contribution in [-0.2, 0) is 13.6 Å². The van der Waals surface area contributed by atoms with Crippen LogP contribution in [0.4, 0.5) is 0 Å². The van der Waals surface area contributed by atoms with Crippen molar-refractivity contribution in [1.82, 2.24) is 15.3 Å². The number of hydroxylamine groups is 1. The van der Waals surface area contributed by atoms with Crippen LogP contribution >= 0.6 is 0 Å². The molecule has 0 aliphatic rings. The summed E-state index contributed by atoms with van der Waals surface area (Å²) in [5, 5.41) is 10.9. The second kappa shape index (κ2) is 2.68. The number of aromatic nitrogens is 2. The minimum atomic E-state index is -0.124. The molecule has 0 aliphatic carbocycles. The molecule has 10 heavy (non-hydrogen) atoms. The molecule has 0 aromatic carbocycles. The highest BCUT2D eigenvalue weighted by Gasteiger charge is 2.00. The van der Waals surface area contributed by atoms with Gasteiger partial charge in [0.05, 0.1) is 12.1 Å². The second-order valence-corrected chi connectivity index (χ2v) is 2.00. The standard InChI is InChI=1S/C5H9N3O2/c1-8-5(9)4(2-6-8)3-7-10/h2,6-7,10H,3H2,1H3. The predicted molar refractivity (Wildman–Crippen MR) is 34.7 cm³/mol. The van der Waals surface area contributed by atoms with Crippen molar-refractivity contribution in [3.8, 4) is 0 Å². The van der Waals surface area contributed by atoms with Crippen LogP contribution in [0.15, 0.2) is 11.0 Å². The third-order valence-electron chi connectivity index (χ3n) is 1.28. The Balaban J connectivity index is 2.95. The molecule has 5 heteroatoms. The van der Waals surface area contributed by atoms with Gasteiger partial charge in [0.25, 0.3) is 5.56 Å². The molecule has 0 aliphatic heterocycles. The number of hydrogen-bond acceptors (Lipinski definition) is 3. The molecular formula is C5H9N3O2. The van der Waals surface area contributed by atoms with Gasteiger partial charge in [0.2, 0.25) is 0 Å². The molecule has 0 radical (unpaired) electrons. The topological polar surface area (TPSA) is 70.1 Å². The molecular weight excluding hydrogens is 134 g/mol. The van der Waals surface area contributed by atoms with Crippen LogP contribution in [0, 0.1) is 0 Å². The Labute approximate surface area is 57.2 Å². The lowest BCUT2D eigenvalue weighted by Gasteiger charge is -1.88. The largest absolute Gasteiger partial charge is 0.316 e. The maximum Gasteiger partial charge on any atom is 0.270 e. The maximum atomic E-state index is 10.9. The van der Waals surface area contributed by atoms with Crippen molar-refractivity contribution in [2.75, 3.05) is 0 Å². The van der Waals surface area contributed by atoms with Crippen molar-refractivity contribution in [1.29, 1.82) is 0 Å². The van der Waals surface area contributed by atoms with E-state index < -0.39 is 0 Å². The molecule has 3 N–H and O–H groups in total. The number of rotatable bonds is 2. The van der Waals surface area contributed by atoms with Crippen LogP contribution in [0.3, 0.4) is 0 Å². The lowest BCUT2D eigenvalue weighted by atomic mass is 10.4. The molecule has 0 fully saturated rings. The van der Waals surface area contributed by atoms with Gasteiger partial charge in [0.1, 0.15) is 0 Å². The van der Waals surface area contributed by atoms with Gasteiger partial charge < -0.3 is 10.3 Å². The Morgan fingerprint density at radius 2 is 2.60 bits per heavy atom. The highest BCUT2D eigenvalue weighted by molar-refractivity contribution is 5.02. The summed E-state index contributed by atoms with van der Waals surface area (Å²) in [5.74, 6) is 0. The van der Waals surface area contributed by atoms with E-state index in [0.29, 0.717) is 5.56 Å².